The van der Waals surface area contributed by atoms with Gasteiger partial charge >= 0.3 is 0 Å². The van der Waals surface area contributed by atoms with E-state index in [1.54, 1.807) is 6.92 Å². The number of halogens is 1. The molecule has 1 aliphatic rings. The van der Waals surface area contributed by atoms with E-state index in [9.17, 15) is 10.1 Å². The molecule has 1 saturated carbocycles. The molecule has 2 rings (SSSR count). The summed E-state index contributed by atoms with van der Waals surface area (Å²) in [5, 5.41) is 14.1. The molecular weight excluding hydrogens is 298 g/mol. The molecule has 0 bridgehead atoms. The third-order valence-corrected chi connectivity index (χ3v) is 4.74. The summed E-state index contributed by atoms with van der Waals surface area (Å²) in [7, 11) is 0. The van der Waals surface area contributed by atoms with E-state index in [0.29, 0.717) is 21.3 Å². The van der Waals surface area contributed by atoms with Crippen molar-refractivity contribution in [1.29, 1.82) is 0 Å². The Morgan fingerprint density at radius 1 is 1.61 bits per heavy atom. The Kier molecular flexibility index (Phi) is 3.56. The van der Waals surface area contributed by atoms with Crippen molar-refractivity contribution in [3.8, 4) is 0 Å². The molecule has 0 aromatic carbocycles. The zero-order valence-electron chi connectivity index (χ0n) is 10.5. The minimum Gasteiger partial charge on any atom is -0.369 e. The molecule has 18 heavy (non-hydrogen) atoms. The lowest BCUT2D eigenvalue weighted by Gasteiger charge is -2.15. The Bertz CT molecular complexity index is 486. The molecule has 0 saturated heterocycles. The predicted molar refractivity (Wildman–Crippen MR) is 73.8 cm³/mol. The number of anilines is 1. The minimum atomic E-state index is -0.411. The summed E-state index contributed by atoms with van der Waals surface area (Å²) in [5.74, 6) is 0.692. The lowest BCUT2D eigenvalue weighted by molar-refractivity contribution is -0.385. The first-order chi connectivity index (χ1) is 8.49. The molecule has 0 atom stereocenters. The van der Waals surface area contributed by atoms with Gasteiger partial charge in [0, 0.05) is 12.1 Å². The van der Waals surface area contributed by atoms with Gasteiger partial charge in [-0.2, -0.15) is 0 Å². The summed E-state index contributed by atoms with van der Waals surface area (Å²) in [6, 6.07) is 0. The maximum Gasteiger partial charge on any atom is 0.291 e. The van der Waals surface area contributed by atoms with Crippen molar-refractivity contribution in [2.45, 2.75) is 33.1 Å². The smallest absolute Gasteiger partial charge is 0.291 e. The average molecular weight is 314 g/mol. The first kappa shape index (κ1) is 13.3. The monoisotopic (exact) mass is 313 g/mol. The highest BCUT2D eigenvalue weighted by Crippen LogP contribution is 2.48. The largest absolute Gasteiger partial charge is 0.369 e. The van der Waals surface area contributed by atoms with Gasteiger partial charge in [0.1, 0.15) is 12.0 Å². The van der Waals surface area contributed by atoms with E-state index in [4.69, 9.17) is 0 Å². The van der Waals surface area contributed by atoms with Crippen molar-refractivity contribution >= 4 is 27.4 Å². The molecular formula is C12H16BrN3O2. The molecule has 0 aliphatic heterocycles. The molecule has 5 nitrogen and oxygen atoms in total. The van der Waals surface area contributed by atoms with Gasteiger partial charge in [0.15, 0.2) is 0 Å². The highest BCUT2D eigenvalue weighted by atomic mass is 79.9. The fourth-order valence-corrected chi connectivity index (χ4v) is 2.43. The molecule has 1 aliphatic carbocycles. The zero-order chi connectivity index (χ0) is 13.3. The second kappa shape index (κ2) is 4.84. The number of rotatable bonds is 5. The van der Waals surface area contributed by atoms with Gasteiger partial charge in [-0.25, -0.2) is 4.98 Å². The van der Waals surface area contributed by atoms with E-state index >= 15 is 0 Å². The van der Waals surface area contributed by atoms with Crippen molar-refractivity contribution in [1.82, 2.24) is 4.98 Å². The number of nitrogens with one attached hydrogen (secondary N) is 1. The molecule has 98 valence electrons. The number of nitrogens with zero attached hydrogens (tertiary/aromatic N) is 2. The van der Waals surface area contributed by atoms with Crippen LogP contribution in [0.3, 0.4) is 0 Å². The van der Waals surface area contributed by atoms with Gasteiger partial charge in [0.05, 0.1) is 9.40 Å². The summed E-state index contributed by atoms with van der Waals surface area (Å²) in [6.45, 7) is 4.80. The lowest BCUT2D eigenvalue weighted by atomic mass is 10.0. The van der Waals surface area contributed by atoms with Crippen LogP contribution in [0.15, 0.2) is 10.7 Å². The number of pyridine rings is 1. The van der Waals surface area contributed by atoms with Crippen LogP contribution in [0.4, 0.5) is 11.5 Å². The van der Waals surface area contributed by atoms with Gasteiger partial charge in [-0.05, 0) is 47.5 Å². The van der Waals surface area contributed by atoms with Crippen LogP contribution in [0.2, 0.25) is 0 Å². The van der Waals surface area contributed by atoms with E-state index in [1.807, 2.05) is 0 Å². The van der Waals surface area contributed by atoms with E-state index in [2.05, 4.69) is 33.2 Å². The summed E-state index contributed by atoms with van der Waals surface area (Å²) < 4.78 is 0.684. The van der Waals surface area contributed by atoms with Crippen LogP contribution in [0.5, 0.6) is 0 Å². The highest BCUT2D eigenvalue weighted by molar-refractivity contribution is 9.10. The van der Waals surface area contributed by atoms with E-state index < -0.39 is 4.92 Å². The number of nitro groups is 1. The SMILES string of the molecule is CCC1(CNc2ncc([N+](=O)[O-])c(C)c2Br)CC1. The Balaban J connectivity index is 2.14. The maximum absolute atomic E-state index is 10.8. The second-order valence-electron chi connectivity index (χ2n) is 4.90. The first-order valence-corrected chi connectivity index (χ1v) is 6.82. The first-order valence-electron chi connectivity index (χ1n) is 6.02. The summed E-state index contributed by atoms with van der Waals surface area (Å²) in [4.78, 5) is 14.5. The Hall–Kier alpha value is -1.17. The Labute approximate surface area is 114 Å². The predicted octanol–water partition coefficient (Wildman–Crippen LogP) is 3.66. The molecule has 0 spiro atoms. The van der Waals surface area contributed by atoms with Crippen LogP contribution >= 0.6 is 15.9 Å². The molecule has 0 amide bonds. The molecule has 6 heteroatoms. The van der Waals surface area contributed by atoms with Crippen molar-refractivity contribution in [3.05, 3.63) is 26.3 Å². The zero-order valence-corrected chi connectivity index (χ0v) is 12.1. The van der Waals surface area contributed by atoms with Crippen LogP contribution in [0.25, 0.3) is 0 Å². The average Bonchev–Trinajstić information content (AvgIpc) is 3.11. The maximum atomic E-state index is 10.8. The van der Waals surface area contributed by atoms with E-state index in [-0.39, 0.29) is 5.69 Å². The minimum absolute atomic E-state index is 0.0454. The fourth-order valence-electron chi connectivity index (χ4n) is 1.98. The number of aromatic nitrogens is 1. The molecule has 0 unspecified atom stereocenters. The molecule has 1 heterocycles. The van der Waals surface area contributed by atoms with Gasteiger partial charge in [-0.15, -0.1) is 0 Å². The summed E-state index contributed by atoms with van der Waals surface area (Å²) in [6.07, 6.45) is 4.97. The van der Waals surface area contributed by atoms with Gasteiger partial charge in [0.2, 0.25) is 0 Å². The molecule has 0 radical (unpaired) electrons. The normalized spacial score (nSPS) is 16.4. The molecule has 1 aromatic heterocycles. The summed E-state index contributed by atoms with van der Waals surface area (Å²) >= 11 is 3.38. The van der Waals surface area contributed by atoms with Crippen molar-refractivity contribution in [2.24, 2.45) is 5.41 Å². The molecule has 1 aromatic rings. The quantitative estimate of drug-likeness (QED) is 0.665. The topological polar surface area (TPSA) is 68.1 Å². The summed E-state index contributed by atoms with van der Waals surface area (Å²) in [5.41, 5.74) is 1.07. The van der Waals surface area contributed by atoms with Crippen LogP contribution in [0, 0.1) is 22.5 Å². The second-order valence-corrected chi connectivity index (χ2v) is 5.69. The Morgan fingerprint density at radius 3 is 2.78 bits per heavy atom. The van der Waals surface area contributed by atoms with Gasteiger partial charge in [0.25, 0.3) is 5.69 Å². The van der Waals surface area contributed by atoms with Gasteiger partial charge in [-0.1, -0.05) is 6.92 Å². The van der Waals surface area contributed by atoms with Crippen molar-refractivity contribution in [2.75, 3.05) is 11.9 Å². The lowest BCUT2D eigenvalue weighted by Crippen LogP contribution is -2.15. The van der Waals surface area contributed by atoms with Crippen LogP contribution in [-0.4, -0.2) is 16.5 Å². The molecule has 1 N–H and O–H groups in total. The fraction of sp³-hybridized carbons (Fsp3) is 0.583. The van der Waals surface area contributed by atoms with Crippen molar-refractivity contribution < 1.29 is 4.92 Å². The van der Waals surface area contributed by atoms with Crippen molar-refractivity contribution in [3.63, 3.8) is 0 Å². The third-order valence-electron chi connectivity index (χ3n) is 3.77. The molecule has 1 fully saturated rings. The highest BCUT2D eigenvalue weighted by Gasteiger charge is 2.40. The number of hydrogen-bond acceptors (Lipinski definition) is 4. The third kappa shape index (κ3) is 2.48. The van der Waals surface area contributed by atoms with Crippen LogP contribution < -0.4 is 5.32 Å². The standard InChI is InChI=1S/C12H16BrN3O2/c1-3-12(4-5-12)7-15-11-10(13)8(2)9(6-14-11)16(17)18/h6H,3-5,7H2,1-2H3,(H,14,15). The van der Waals surface area contributed by atoms with E-state index in [0.717, 1.165) is 13.0 Å². The van der Waals surface area contributed by atoms with Gasteiger partial charge < -0.3 is 5.32 Å². The van der Waals surface area contributed by atoms with Crippen LogP contribution in [0.1, 0.15) is 31.7 Å². The van der Waals surface area contributed by atoms with E-state index in [1.165, 1.54) is 19.0 Å². The van der Waals surface area contributed by atoms with Gasteiger partial charge in [-0.3, -0.25) is 10.1 Å². The number of hydrogen-bond donors (Lipinski definition) is 1. The Morgan fingerprint density at radius 2 is 2.28 bits per heavy atom. The van der Waals surface area contributed by atoms with Crippen LogP contribution in [-0.2, 0) is 0 Å².